The first-order chi connectivity index (χ1) is 32.8. The summed E-state index contributed by atoms with van der Waals surface area (Å²) in [6.45, 7) is 14.3. The maximum absolute atomic E-state index is 14.8. The topological polar surface area (TPSA) is 343 Å². The second-order valence-corrected chi connectivity index (χ2v) is 22.5. The largest absolute Gasteiger partial charge is 0.432 e. The van der Waals surface area contributed by atoms with Crippen molar-refractivity contribution in [1.82, 2.24) is 0 Å². The van der Waals surface area contributed by atoms with Gasteiger partial charge in [0.15, 0.2) is 12.6 Å². The lowest BCUT2D eigenvalue weighted by Crippen LogP contribution is -2.67. The summed E-state index contributed by atoms with van der Waals surface area (Å²) in [5.74, 6) is -2.15. The molecule has 8 rings (SSSR count). The Bertz CT molecular complexity index is 1860. The fraction of sp³-hybridized carbons (Fsp3) is 0.938. The highest BCUT2D eigenvalue weighted by atomic mass is 16.8. The van der Waals surface area contributed by atoms with Crippen LogP contribution in [-0.4, -0.2) is 228 Å². The maximum Gasteiger partial charge on any atom is 0.314 e. The van der Waals surface area contributed by atoms with E-state index >= 15 is 0 Å². The number of fused-ring (bicyclic) bond motifs is 4. The molecule has 8 aliphatic rings. The van der Waals surface area contributed by atoms with Crippen molar-refractivity contribution < 1.29 is 109 Å². The van der Waals surface area contributed by atoms with Gasteiger partial charge in [0.1, 0.15) is 97.7 Å². The highest BCUT2D eigenvalue weighted by Gasteiger charge is 2.69. The van der Waals surface area contributed by atoms with Gasteiger partial charge in [-0.3, -0.25) is 4.79 Å². The number of esters is 1. The molecule has 5 heterocycles. The number of aliphatic hydroxyl groups is 12. The third-order valence-electron chi connectivity index (χ3n) is 18.6. The molecule has 29 atom stereocenters. The molecule has 5 aliphatic heterocycles. The lowest BCUT2D eigenvalue weighted by atomic mass is 9.39. The van der Waals surface area contributed by atoms with E-state index in [0.29, 0.717) is 38.5 Å². The maximum atomic E-state index is 14.8. The molecule has 0 spiro atoms. The monoisotopic (exact) mass is 1010 g/mol. The van der Waals surface area contributed by atoms with E-state index < -0.39 is 188 Å². The normalized spacial score (nSPS) is 55.7. The van der Waals surface area contributed by atoms with Crippen LogP contribution in [-0.2, 0) is 47.4 Å². The van der Waals surface area contributed by atoms with Crippen LogP contribution in [0.5, 0.6) is 0 Å². The van der Waals surface area contributed by atoms with Gasteiger partial charge in [0.2, 0.25) is 6.29 Å². The molecule has 22 nitrogen and oxygen atoms in total. The van der Waals surface area contributed by atoms with Crippen molar-refractivity contribution in [2.24, 2.45) is 34.0 Å². The van der Waals surface area contributed by atoms with Gasteiger partial charge in [0, 0.05) is 7.11 Å². The Hall–Kier alpha value is -1.59. The zero-order chi connectivity index (χ0) is 51.3. The van der Waals surface area contributed by atoms with Crippen molar-refractivity contribution in [3.63, 3.8) is 0 Å². The second kappa shape index (κ2) is 20.2. The van der Waals surface area contributed by atoms with Crippen LogP contribution in [0, 0.1) is 34.0 Å². The Labute approximate surface area is 407 Å². The van der Waals surface area contributed by atoms with Crippen LogP contribution in [0.4, 0.5) is 0 Å². The SMILES string of the molecule is C=C1C[C@@]2(C)C(C(O)C3OC(C)C(OC4OC(C)C(O)C(O)C4O)C4OC(C5OC(CO)C(O)C(O)C5O)OC34)C[C@H]3[C@@](C)(CCC[C@@]3(C)C(=O)OC3OC(CO)C(O)C(O)C3O)[C@@H]2CC[C@@]1(C)OC. The van der Waals surface area contributed by atoms with Crippen LogP contribution in [0.15, 0.2) is 12.2 Å². The number of ether oxygens (including phenoxy) is 9. The van der Waals surface area contributed by atoms with Gasteiger partial charge in [-0.15, -0.1) is 0 Å². The minimum atomic E-state index is -1.83. The molecule has 22 heteroatoms. The number of methoxy groups -OCH3 is 1. The first-order valence-electron chi connectivity index (χ1n) is 24.9. The number of hydrogen-bond acceptors (Lipinski definition) is 22. The van der Waals surface area contributed by atoms with Gasteiger partial charge in [-0.1, -0.05) is 26.8 Å². The number of hydrogen-bond donors (Lipinski definition) is 12. The lowest BCUT2D eigenvalue weighted by molar-refractivity contribution is -0.333. The Balaban J connectivity index is 1.17. The quantitative estimate of drug-likeness (QED) is 0.0779. The molecule has 0 aromatic rings. The molecule has 12 N–H and O–H groups in total. The van der Waals surface area contributed by atoms with Crippen LogP contribution in [0.2, 0.25) is 0 Å². The summed E-state index contributed by atoms with van der Waals surface area (Å²) in [6, 6.07) is 0. The number of rotatable bonds is 10. The Kier molecular flexibility index (Phi) is 15.8. The smallest absolute Gasteiger partial charge is 0.314 e. The van der Waals surface area contributed by atoms with Crippen LogP contribution in [0.3, 0.4) is 0 Å². The van der Waals surface area contributed by atoms with Gasteiger partial charge in [-0.25, -0.2) is 0 Å². The Morgan fingerprint density at radius 1 is 0.671 bits per heavy atom. The molecule has 0 amide bonds. The number of carbonyl (C=O) groups is 1. The van der Waals surface area contributed by atoms with Crippen LogP contribution < -0.4 is 0 Å². The van der Waals surface area contributed by atoms with E-state index in [1.165, 1.54) is 6.92 Å². The van der Waals surface area contributed by atoms with E-state index in [9.17, 15) is 66.1 Å². The summed E-state index contributed by atoms with van der Waals surface area (Å²) in [5.41, 5.74) is -2.57. The molecule has 3 aliphatic carbocycles. The summed E-state index contributed by atoms with van der Waals surface area (Å²) >= 11 is 0. The predicted molar refractivity (Wildman–Crippen MR) is 236 cm³/mol. The van der Waals surface area contributed by atoms with E-state index in [1.807, 2.05) is 6.92 Å². The molecule has 402 valence electrons. The molecule has 70 heavy (non-hydrogen) atoms. The highest BCUT2D eigenvalue weighted by Crippen LogP contribution is 2.70. The van der Waals surface area contributed by atoms with Crippen molar-refractivity contribution in [3.05, 3.63) is 12.2 Å². The molecule has 5 saturated heterocycles. The van der Waals surface area contributed by atoms with Crippen LogP contribution in [0.1, 0.15) is 86.5 Å². The summed E-state index contributed by atoms with van der Waals surface area (Å²) in [4.78, 5) is 14.8. The average molecular weight is 1010 g/mol. The molecule has 23 unspecified atom stereocenters. The molecular formula is C48H78O22. The third kappa shape index (κ3) is 8.93. The molecular weight excluding hydrogens is 929 g/mol. The van der Waals surface area contributed by atoms with E-state index in [2.05, 4.69) is 20.4 Å². The Morgan fingerprint density at radius 3 is 1.91 bits per heavy atom. The van der Waals surface area contributed by atoms with E-state index in [-0.39, 0.29) is 12.3 Å². The van der Waals surface area contributed by atoms with Gasteiger partial charge >= 0.3 is 5.97 Å². The second-order valence-electron chi connectivity index (χ2n) is 22.5. The molecule has 0 bridgehead atoms. The summed E-state index contributed by atoms with van der Waals surface area (Å²) in [6.07, 6.45) is -29.1. The molecule has 0 radical (unpaired) electrons. The standard InChI is InChI=1S/C48H78O22/c1-18-15-47(6)21(14-25-45(4,24(47)10-13-48(18,7)62-8)11-9-12-46(25,5)44(61)70-42-35(60)32(57)29(54)23(17-50)66-42)27(52)37-40-39(68-43(69-40)38-33(58)31(56)28(53)22(16-49)65-38)36(20(3)63-37)67-41-34(59)30(55)26(51)19(2)64-41/h19-43,49-60H,1,9-17H2,2-8H3/t19?,20?,21?,22?,23?,24-,25-,26?,27?,28?,29?,30?,31?,32?,33?,34?,35?,36?,37?,38?,39?,40?,41?,42?,43?,45-,46+,47-,48+/m0/s1. The average Bonchev–Trinajstić information content (AvgIpc) is 3.72. The van der Waals surface area contributed by atoms with Gasteiger partial charge in [-0.2, -0.15) is 0 Å². The van der Waals surface area contributed by atoms with Gasteiger partial charge < -0.3 is 104 Å². The summed E-state index contributed by atoms with van der Waals surface area (Å²) < 4.78 is 55.6. The van der Waals surface area contributed by atoms with Crippen molar-refractivity contribution in [2.75, 3.05) is 20.3 Å². The Morgan fingerprint density at radius 2 is 1.27 bits per heavy atom. The minimum Gasteiger partial charge on any atom is -0.432 e. The van der Waals surface area contributed by atoms with Crippen molar-refractivity contribution in [2.45, 2.75) is 227 Å². The van der Waals surface area contributed by atoms with Crippen molar-refractivity contribution in [1.29, 1.82) is 0 Å². The third-order valence-corrected chi connectivity index (χ3v) is 18.6. The zero-order valence-electron chi connectivity index (χ0n) is 41.0. The zero-order valence-corrected chi connectivity index (χ0v) is 41.0. The van der Waals surface area contributed by atoms with E-state index in [4.69, 9.17) is 42.6 Å². The van der Waals surface area contributed by atoms with Crippen LogP contribution >= 0.6 is 0 Å². The summed E-state index contributed by atoms with van der Waals surface area (Å²) in [5, 5.41) is 130. The first-order valence-corrected chi connectivity index (χ1v) is 24.9. The van der Waals surface area contributed by atoms with E-state index in [0.717, 1.165) is 5.57 Å². The first kappa shape index (κ1) is 54.7. The minimum absolute atomic E-state index is 0.198. The fourth-order valence-corrected chi connectivity index (χ4v) is 14.2. The number of aliphatic hydroxyl groups excluding tert-OH is 12. The molecule has 3 saturated carbocycles. The number of carbonyl (C=O) groups excluding carboxylic acids is 1. The molecule has 0 aromatic carbocycles. The molecule has 8 fully saturated rings. The lowest BCUT2D eigenvalue weighted by Gasteiger charge is -2.65. The highest BCUT2D eigenvalue weighted by molar-refractivity contribution is 5.77. The van der Waals surface area contributed by atoms with E-state index in [1.54, 1.807) is 21.0 Å². The predicted octanol–water partition coefficient (Wildman–Crippen LogP) is -2.76. The summed E-state index contributed by atoms with van der Waals surface area (Å²) in [7, 11) is 1.63. The molecule has 0 aromatic heterocycles. The van der Waals surface area contributed by atoms with Crippen LogP contribution in [0.25, 0.3) is 0 Å². The fourth-order valence-electron chi connectivity index (χ4n) is 14.2. The van der Waals surface area contributed by atoms with Gasteiger partial charge in [-0.05, 0) is 100 Å². The van der Waals surface area contributed by atoms with Gasteiger partial charge in [0.05, 0.1) is 42.5 Å². The van der Waals surface area contributed by atoms with Crippen molar-refractivity contribution in [3.8, 4) is 0 Å². The van der Waals surface area contributed by atoms with Crippen molar-refractivity contribution >= 4 is 5.97 Å². The van der Waals surface area contributed by atoms with Gasteiger partial charge in [0.25, 0.3) is 0 Å².